The van der Waals surface area contributed by atoms with Gasteiger partial charge in [-0.1, -0.05) is 6.92 Å². The topological polar surface area (TPSA) is 50.1 Å². The van der Waals surface area contributed by atoms with E-state index in [1.807, 2.05) is 11.6 Å². The molecule has 0 aromatic carbocycles. The van der Waals surface area contributed by atoms with Gasteiger partial charge in [-0.2, -0.15) is 0 Å². The van der Waals surface area contributed by atoms with Gasteiger partial charge in [0.2, 0.25) is 0 Å². The molecular formula is C9H17N3O. The van der Waals surface area contributed by atoms with E-state index in [-0.39, 0.29) is 0 Å². The van der Waals surface area contributed by atoms with Gasteiger partial charge in [-0.15, -0.1) is 0 Å². The van der Waals surface area contributed by atoms with Crippen LogP contribution >= 0.6 is 0 Å². The Kier molecular flexibility index (Phi) is 3.92. The van der Waals surface area contributed by atoms with Gasteiger partial charge in [0.15, 0.2) is 0 Å². The number of aliphatic hydroxyl groups excluding tert-OH is 1. The van der Waals surface area contributed by atoms with Crippen molar-refractivity contribution < 1.29 is 5.11 Å². The fraction of sp³-hybridized carbons (Fsp3) is 0.667. The minimum Gasteiger partial charge on any atom is -0.385 e. The molecule has 0 aliphatic carbocycles. The van der Waals surface area contributed by atoms with Gasteiger partial charge in [-0.05, 0) is 13.5 Å². The monoisotopic (exact) mass is 183 g/mol. The molecule has 0 radical (unpaired) electrons. The van der Waals surface area contributed by atoms with Crippen LogP contribution in [0.25, 0.3) is 0 Å². The van der Waals surface area contributed by atoms with Crippen LogP contribution in [0, 0.1) is 0 Å². The van der Waals surface area contributed by atoms with Crippen molar-refractivity contribution in [2.45, 2.75) is 26.0 Å². The van der Waals surface area contributed by atoms with Crippen LogP contribution in [-0.2, 0) is 6.54 Å². The van der Waals surface area contributed by atoms with Crippen LogP contribution in [0.3, 0.4) is 0 Å². The first-order valence-electron chi connectivity index (χ1n) is 4.62. The van der Waals surface area contributed by atoms with Crippen LogP contribution in [0.15, 0.2) is 12.5 Å². The molecule has 1 unspecified atom stereocenters. The van der Waals surface area contributed by atoms with Gasteiger partial charge in [0.05, 0.1) is 18.2 Å². The van der Waals surface area contributed by atoms with E-state index in [0.717, 1.165) is 18.7 Å². The zero-order chi connectivity index (χ0) is 9.68. The van der Waals surface area contributed by atoms with Gasteiger partial charge in [-0.3, -0.25) is 0 Å². The highest BCUT2D eigenvalue weighted by Crippen LogP contribution is 2.11. The van der Waals surface area contributed by atoms with Crippen LogP contribution in [0.4, 0.5) is 0 Å². The van der Waals surface area contributed by atoms with Gasteiger partial charge in [0.25, 0.3) is 0 Å². The summed E-state index contributed by atoms with van der Waals surface area (Å²) in [5, 5.41) is 12.6. The normalized spacial score (nSPS) is 13.2. The number of aromatic nitrogens is 2. The summed E-state index contributed by atoms with van der Waals surface area (Å²) < 4.78 is 1.99. The molecule has 13 heavy (non-hydrogen) atoms. The lowest BCUT2D eigenvalue weighted by Crippen LogP contribution is -2.19. The Labute approximate surface area is 78.6 Å². The van der Waals surface area contributed by atoms with Crippen molar-refractivity contribution in [2.75, 3.05) is 13.6 Å². The van der Waals surface area contributed by atoms with Gasteiger partial charge in [-0.25, -0.2) is 4.98 Å². The van der Waals surface area contributed by atoms with Crippen molar-refractivity contribution in [3.8, 4) is 0 Å². The average molecular weight is 183 g/mol. The van der Waals surface area contributed by atoms with E-state index in [1.165, 1.54) is 0 Å². The van der Waals surface area contributed by atoms with E-state index in [0.29, 0.717) is 6.54 Å². The molecule has 0 spiro atoms. The Morgan fingerprint density at radius 1 is 1.69 bits per heavy atom. The van der Waals surface area contributed by atoms with Crippen molar-refractivity contribution in [3.63, 3.8) is 0 Å². The zero-order valence-corrected chi connectivity index (χ0v) is 8.20. The lowest BCUT2D eigenvalue weighted by atomic mass is 10.2. The van der Waals surface area contributed by atoms with Crippen LogP contribution in [-0.4, -0.2) is 28.3 Å². The molecule has 0 aliphatic heterocycles. The van der Waals surface area contributed by atoms with Crippen LogP contribution < -0.4 is 5.32 Å². The average Bonchev–Trinajstić information content (AvgIpc) is 2.54. The van der Waals surface area contributed by atoms with Crippen molar-refractivity contribution in [1.82, 2.24) is 14.9 Å². The molecule has 1 rings (SSSR count). The van der Waals surface area contributed by atoms with Crippen LogP contribution in [0.2, 0.25) is 0 Å². The van der Waals surface area contributed by atoms with Crippen molar-refractivity contribution in [3.05, 3.63) is 18.2 Å². The molecule has 1 heterocycles. The molecule has 0 saturated carbocycles. The SMILES string of the molecule is CCCn1cncc1C(O)CNC. The van der Waals surface area contributed by atoms with Crippen molar-refractivity contribution >= 4 is 0 Å². The highest BCUT2D eigenvalue weighted by atomic mass is 16.3. The fourth-order valence-corrected chi connectivity index (χ4v) is 1.33. The third-order valence-corrected chi connectivity index (χ3v) is 1.95. The predicted molar refractivity (Wildman–Crippen MR) is 51.4 cm³/mol. The minimum atomic E-state index is -0.459. The smallest absolute Gasteiger partial charge is 0.108 e. The number of aliphatic hydroxyl groups is 1. The summed E-state index contributed by atoms with van der Waals surface area (Å²) in [6, 6.07) is 0. The Morgan fingerprint density at radius 3 is 3.08 bits per heavy atom. The van der Waals surface area contributed by atoms with Crippen molar-refractivity contribution in [2.24, 2.45) is 0 Å². The predicted octanol–water partition coefficient (Wildman–Crippen LogP) is 0.546. The third kappa shape index (κ3) is 2.54. The van der Waals surface area contributed by atoms with Gasteiger partial charge >= 0.3 is 0 Å². The molecule has 4 heteroatoms. The largest absolute Gasteiger partial charge is 0.385 e. The molecule has 0 aliphatic rings. The molecule has 0 saturated heterocycles. The summed E-state index contributed by atoms with van der Waals surface area (Å²) in [4.78, 5) is 4.02. The highest BCUT2D eigenvalue weighted by molar-refractivity contribution is 5.03. The number of hydrogen-bond donors (Lipinski definition) is 2. The maximum absolute atomic E-state index is 9.69. The maximum atomic E-state index is 9.69. The lowest BCUT2D eigenvalue weighted by Gasteiger charge is -2.12. The van der Waals surface area contributed by atoms with E-state index in [4.69, 9.17) is 0 Å². The Hall–Kier alpha value is -0.870. The zero-order valence-electron chi connectivity index (χ0n) is 8.20. The summed E-state index contributed by atoms with van der Waals surface area (Å²) in [7, 11) is 1.82. The molecule has 0 amide bonds. The Morgan fingerprint density at radius 2 is 2.46 bits per heavy atom. The second-order valence-corrected chi connectivity index (χ2v) is 3.09. The standard InChI is InChI=1S/C9H17N3O/c1-3-4-12-7-11-5-8(12)9(13)6-10-2/h5,7,9-10,13H,3-4,6H2,1-2H3. The van der Waals surface area contributed by atoms with Crippen molar-refractivity contribution in [1.29, 1.82) is 0 Å². The fourth-order valence-electron chi connectivity index (χ4n) is 1.33. The third-order valence-electron chi connectivity index (χ3n) is 1.95. The van der Waals surface area contributed by atoms with E-state index < -0.39 is 6.10 Å². The van der Waals surface area contributed by atoms with E-state index in [1.54, 1.807) is 12.5 Å². The number of rotatable bonds is 5. The molecule has 0 fully saturated rings. The second kappa shape index (κ2) is 4.99. The number of likely N-dealkylation sites (N-methyl/N-ethyl adjacent to an activating group) is 1. The Balaban J connectivity index is 2.68. The van der Waals surface area contributed by atoms with Crippen LogP contribution in [0.5, 0.6) is 0 Å². The summed E-state index contributed by atoms with van der Waals surface area (Å²) in [5.74, 6) is 0. The Bertz CT molecular complexity index is 247. The number of aryl methyl sites for hydroxylation is 1. The van der Waals surface area contributed by atoms with Gasteiger partial charge in [0, 0.05) is 13.1 Å². The van der Waals surface area contributed by atoms with Gasteiger partial charge < -0.3 is 15.0 Å². The quantitative estimate of drug-likeness (QED) is 0.700. The first-order chi connectivity index (χ1) is 6.29. The number of imidazole rings is 1. The van der Waals surface area contributed by atoms with E-state index in [2.05, 4.69) is 17.2 Å². The number of hydrogen-bond acceptors (Lipinski definition) is 3. The molecule has 1 aromatic heterocycles. The second-order valence-electron chi connectivity index (χ2n) is 3.09. The molecular weight excluding hydrogens is 166 g/mol. The summed E-state index contributed by atoms with van der Waals surface area (Å²) >= 11 is 0. The number of nitrogens with one attached hydrogen (secondary N) is 1. The highest BCUT2D eigenvalue weighted by Gasteiger charge is 2.10. The molecule has 0 bridgehead atoms. The first-order valence-corrected chi connectivity index (χ1v) is 4.62. The van der Waals surface area contributed by atoms with Crippen LogP contribution in [0.1, 0.15) is 25.1 Å². The van der Waals surface area contributed by atoms with E-state index in [9.17, 15) is 5.11 Å². The molecule has 74 valence electrons. The molecule has 1 atom stereocenters. The molecule has 2 N–H and O–H groups in total. The summed E-state index contributed by atoms with van der Waals surface area (Å²) in [5.41, 5.74) is 0.885. The maximum Gasteiger partial charge on any atom is 0.108 e. The van der Waals surface area contributed by atoms with E-state index >= 15 is 0 Å². The first kappa shape index (κ1) is 10.2. The molecule has 4 nitrogen and oxygen atoms in total. The lowest BCUT2D eigenvalue weighted by molar-refractivity contribution is 0.168. The molecule has 1 aromatic rings. The minimum absolute atomic E-state index is 0.459. The number of nitrogens with zero attached hydrogens (tertiary/aromatic N) is 2. The summed E-state index contributed by atoms with van der Waals surface area (Å²) in [6.07, 6.45) is 4.07. The van der Waals surface area contributed by atoms with Gasteiger partial charge in [0.1, 0.15) is 6.10 Å². The summed E-state index contributed by atoms with van der Waals surface area (Å²) in [6.45, 7) is 3.58.